The van der Waals surface area contributed by atoms with E-state index in [-0.39, 0.29) is 21.4 Å². The number of halogens is 1. The minimum atomic E-state index is -3.73. The second-order valence-corrected chi connectivity index (χ2v) is 9.62. The average molecular weight is 467 g/mol. The summed E-state index contributed by atoms with van der Waals surface area (Å²) in [5.74, 6) is 0.905. The summed E-state index contributed by atoms with van der Waals surface area (Å²) < 4.78 is 37.9. The first-order chi connectivity index (χ1) is 14.9. The summed E-state index contributed by atoms with van der Waals surface area (Å²) in [4.78, 5) is 12.6. The van der Waals surface area contributed by atoms with Crippen molar-refractivity contribution in [1.29, 1.82) is 0 Å². The molecule has 0 aromatic heterocycles. The number of amides is 1. The molecule has 0 bridgehead atoms. The second-order valence-electron chi connectivity index (χ2n) is 7.31. The van der Waals surface area contributed by atoms with Gasteiger partial charge >= 0.3 is 0 Å². The first-order valence-electron chi connectivity index (χ1n) is 10.2. The number of methoxy groups -OCH3 is 2. The summed E-state index contributed by atoms with van der Waals surface area (Å²) in [5.41, 5.74) is 1.23. The number of nitrogens with one attached hydrogen (secondary N) is 1. The maximum absolute atomic E-state index is 13.0. The van der Waals surface area contributed by atoms with Crippen LogP contribution in [-0.4, -0.2) is 52.5 Å². The van der Waals surface area contributed by atoms with Crippen LogP contribution >= 0.6 is 11.6 Å². The van der Waals surface area contributed by atoms with Crippen LogP contribution in [0.4, 0.5) is 0 Å². The van der Waals surface area contributed by atoms with Crippen LogP contribution in [0.2, 0.25) is 5.02 Å². The predicted molar refractivity (Wildman–Crippen MR) is 120 cm³/mol. The molecule has 2 aromatic carbocycles. The number of piperidine rings is 1. The standard InChI is InChI=1S/C22H27ClN2O5S/c1-29-19-9-6-16(14-20(19)30-2)10-11-24-22(26)17-7-8-18(23)21(15-17)31(27,28)25-12-4-3-5-13-25/h6-9,14-15H,3-5,10-13H2,1-2H3,(H,24,26). The van der Waals surface area contributed by atoms with Gasteiger partial charge in [0.15, 0.2) is 11.5 Å². The Balaban J connectivity index is 1.68. The van der Waals surface area contributed by atoms with E-state index in [4.69, 9.17) is 21.1 Å². The van der Waals surface area contributed by atoms with E-state index in [0.29, 0.717) is 37.6 Å². The van der Waals surface area contributed by atoms with Gasteiger partial charge in [-0.15, -0.1) is 0 Å². The number of rotatable bonds is 8. The Bertz CT molecular complexity index is 1040. The molecule has 1 aliphatic rings. The fourth-order valence-electron chi connectivity index (χ4n) is 3.55. The minimum Gasteiger partial charge on any atom is -0.493 e. The van der Waals surface area contributed by atoms with Crippen molar-refractivity contribution in [2.75, 3.05) is 33.9 Å². The van der Waals surface area contributed by atoms with Gasteiger partial charge in [0, 0.05) is 25.2 Å². The monoisotopic (exact) mass is 466 g/mol. The smallest absolute Gasteiger partial charge is 0.251 e. The zero-order valence-corrected chi connectivity index (χ0v) is 19.3. The summed E-state index contributed by atoms with van der Waals surface area (Å²) in [6.07, 6.45) is 3.25. The summed E-state index contributed by atoms with van der Waals surface area (Å²) in [6.45, 7) is 1.33. The quantitative estimate of drug-likeness (QED) is 0.643. The van der Waals surface area contributed by atoms with Crippen LogP contribution in [0.1, 0.15) is 35.2 Å². The lowest BCUT2D eigenvalue weighted by Crippen LogP contribution is -2.36. The van der Waals surface area contributed by atoms with Crippen molar-refractivity contribution in [2.45, 2.75) is 30.6 Å². The molecule has 7 nitrogen and oxygen atoms in total. The molecule has 2 aromatic rings. The Morgan fingerprint density at radius 2 is 1.74 bits per heavy atom. The van der Waals surface area contributed by atoms with Crippen molar-refractivity contribution in [3.05, 3.63) is 52.5 Å². The third kappa shape index (κ3) is 5.50. The molecule has 0 radical (unpaired) electrons. The number of nitrogens with zero attached hydrogens (tertiary/aromatic N) is 1. The second kappa shape index (κ2) is 10.3. The van der Waals surface area contributed by atoms with E-state index in [0.717, 1.165) is 24.8 Å². The summed E-state index contributed by atoms with van der Waals surface area (Å²) >= 11 is 6.18. The highest BCUT2D eigenvalue weighted by molar-refractivity contribution is 7.89. The van der Waals surface area contributed by atoms with Gasteiger partial charge in [-0.3, -0.25) is 4.79 Å². The first kappa shape index (κ1) is 23.4. The van der Waals surface area contributed by atoms with E-state index in [9.17, 15) is 13.2 Å². The van der Waals surface area contributed by atoms with Gasteiger partial charge in [0.2, 0.25) is 10.0 Å². The molecule has 0 spiro atoms. The van der Waals surface area contributed by atoms with Gasteiger partial charge in [0.05, 0.1) is 19.2 Å². The number of hydrogen-bond donors (Lipinski definition) is 1. The van der Waals surface area contributed by atoms with E-state index < -0.39 is 10.0 Å². The number of benzene rings is 2. The molecule has 31 heavy (non-hydrogen) atoms. The Kier molecular flexibility index (Phi) is 7.80. The molecular weight excluding hydrogens is 440 g/mol. The van der Waals surface area contributed by atoms with E-state index in [2.05, 4.69) is 5.32 Å². The normalized spacial score (nSPS) is 14.8. The van der Waals surface area contributed by atoms with Gasteiger partial charge in [-0.2, -0.15) is 4.31 Å². The van der Waals surface area contributed by atoms with Crippen LogP contribution in [0.25, 0.3) is 0 Å². The Morgan fingerprint density at radius 1 is 1.03 bits per heavy atom. The zero-order chi connectivity index (χ0) is 22.4. The maximum Gasteiger partial charge on any atom is 0.251 e. The first-order valence-corrected chi connectivity index (χ1v) is 12.0. The molecule has 0 saturated carbocycles. The van der Waals surface area contributed by atoms with Crippen LogP contribution in [-0.2, 0) is 16.4 Å². The fraction of sp³-hybridized carbons (Fsp3) is 0.409. The predicted octanol–water partition coefficient (Wildman–Crippen LogP) is 3.50. The molecular formula is C22H27ClN2O5S. The highest BCUT2D eigenvalue weighted by atomic mass is 35.5. The van der Waals surface area contributed by atoms with Gasteiger partial charge < -0.3 is 14.8 Å². The van der Waals surface area contributed by atoms with Crippen molar-refractivity contribution < 1.29 is 22.7 Å². The molecule has 0 atom stereocenters. The fourth-order valence-corrected chi connectivity index (χ4v) is 5.56. The molecule has 1 amide bonds. The van der Waals surface area contributed by atoms with Crippen LogP contribution in [0.3, 0.4) is 0 Å². The van der Waals surface area contributed by atoms with Gasteiger partial charge in [-0.25, -0.2) is 8.42 Å². The van der Waals surface area contributed by atoms with Gasteiger partial charge in [-0.1, -0.05) is 24.1 Å². The third-order valence-corrected chi connectivity index (χ3v) is 7.65. The average Bonchev–Trinajstić information content (AvgIpc) is 2.79. The molecule has 1 saturated heterocycles. The molecule has 0 aliphatic carbocycles. The van der Waals surface area contributed by atoms with Crippen molar-refractivity contribution in [2.24, 2.45) is 0 Å². The van der Waals surface area contributed by atoms with Gasteiger partial charge in [0.25, 0.3) is 5.91 Å². The van der Waals surface area contributed by atoms with Crippen molar-refractivity contribution >= 4 is 27.5 Å². The van der Waals surface area contributed by atoms with Gasteiger partial charge in [-0.05, 0) is 55.2 Å². The van der Waals surface area contributed by atoms with E-state index in [1.807, 2.05) is 18.2 Å². The molecule has 1 fully saturated rings. The lowest BCUT2D eigenvalue weighted by molar-refractivity contribution is 0.0954. The number of ether oxygens (including phenoxy) is 2. The molecule has 0 unspecified atom stereocenters. The minimum absolute atomic E-state index is 0.0244. The van der Waals surface area contributed by atoms with Crippen molar-refractivity contribution in [3.8, 4) is 11.5 Å². The van der Waals surface area contributed by atoms with Gasteiger partial charge in [0.1, 0.15) is 4.90 Å². The highest BCUT2D eigenvalue weighted by Crippen LogP contribution is 2.29. The summed E-state index contributed by atoms with van der Waals surface area (Å²) in [7, 11) is -0.589. The number of carbonyl (C=O) groups excluding carboxylic acids is 1. The molecule has 1 N–H and O–H groups in total. The highest BCUT2D eigenvalue weighted by Gasteiger charge is 2.28. The largest absolute Gasteiger partial charge is 0.493 e. The van der Waals surface area contributed by atoms with Crippen LogP contribution < -0.4 is 14.8 Å². The van der Waals surface area contributed by atoms with E-state index in [1.165, 1.54) is 22.5 Å². The number of hydrogen-bond acceptors (Lipinski definition) is 5. The molecule has 9 heteroatoms. The van der Waals surface area contributed by atoms with Crippen LogP contribution in [0, 0.1) is 0 Å². The van der Waals surface area contributed by atoms with E-state index >= 15 is 0 Å². The van der Waals surface area contributed by atoms with Crippen LogP contribution in [0.15, 0.2) is 41.3 Å². The maximum atomic E-state index is 13.0. The molecule has 3 rings (SSSR count). The SMILES string of the molecule is COc1ccc(CCNC(=O)c2ccc(Cl)c(S(=O)(=O)N3CCCCC3)c2)cc1OC. The van der Waals surface area contributed by atoms with E-state index in [1.54, 1.807) is 14.2 Å². The lowest BCUT2D eigenvalue weighted by Gasteiger charge is -2.26. The molecule has 1 aliphatic heterocycles. The Labute approximate surface area is 188 Å². The lowest BCUT2D eigenvalue weighted by atomic mass is 10.1. The van der Waals surface area contributed by atoms with Crippen molar-refractivity contribution in [3.63, 3.8) is 0 Å². The number of sulfonamides is 1. The molecule has 168 valence electrons. The molecule has 1 heterocycles. The Hall–Kier alpha value is -2.29. The zero-order valence-electron chi connectivity index (χ0n) is 17.7. The third-order valence-electron chi connectivity index (χ3n) is 5.27. The number of carbonyl (C=O) groups is 1. The van der Waals surface area contributed by atoms with Crippen molar-refractivity contribution in [1.82, 2.24) is 9.62 Å². The Morgan fingerprint density at radius 3 is 2.42 bits per heavy atom. The summed E-state index contributed by atoms with van der Waals surface area (Å²) in [6, 6.07) is 9.92. The summed E-state index contributed by atoms with van der Waals surface area (Å²) in [5, 5.41) is 2.95. The van der Waals surface area contributed by atoms with Crippen LogP contribution in [0.5, 0.6) is 11.5 Å². The topological polar surface area (TPSA) is 84.9 Å².